The minimum absolute atomic E-state index is 0.0166. The predicted molar refractivity (Wildman–Crippen MR) is 78.2 cm³/mol. The number of nitrogens with zero attached hydrogens (tertiary/aromatic N) is 2. The molecule has 1 aromatic heterocycles. The Kier molecular flexibility index (Phi) is 6.36. The zero-order chi connectivity index (χ0) is 15.9. The molecular weight excluding hydrogens is 274 g/mol. The lowest BCUT2D eigenvalue weighted by molar-refractivity contribution is -0.146. The number of unbranched alkanes of at least 4 members (excludes halogenated alkanes) is 2. The van der Waals surface area contributed by atoms with E-state index in [-0.39, 0.29) is 12.5 Å². The maximum Gasteiger partial charge on any atom is 0.331 e. The van der Waals surface area contributed by atoms with Crippen LogP contribution in [0.5, 0.6) is 0 Å². The Morgan fingerprint density at radius 1 is 1.43 bits per heavy atom. The van der Waals surface area contributed by atoms with Gasteiger partial charge in [-0.1, -0.05) is 19.8 Å². The van der Waals surface area contributed by atoms with Crippen molar-refractivity contribution < 1.29 is 19.4 Å². The fourth-order valence-corrected chi connectivity index (χ4v) is 1.61. The molecule has 0 atom stereocenters. The van der Waals surface area contributed by atoms with Gasteiger partial charge in [0.1, 0.15) is 6.61 Å². The van der Waals surface area contributed by atoms with Crippen LogP contribution in [0.15, 0.2) is 12.4 Å². The van der Waals surface area contributed by atoms with Crippen molar-refractivity contribution in [2.45, 2.75) is 45.6 Å². The second-order valence-corrected chi connectivity index (χ2v) is 5.35. The van der Waals surface area contributed by atoms with Gasteiger partial charge >= 0.3 is 5.97 Å². The summed E-state index contributed by atoms with van der Waals surface area (Å²) in [5.41, 5.74) is -0.717. The summed E-state index contributed by atoms with van der Waals surface area (Å²) in [6, 6.07) is 0. The van der Waals surface area contributed by atoms with Gasteiger partial charge < -0.3 is 15.2 Å². The first-order chi connectivity index (χ1) is 9.87. The summed E-state index contributed by atoms with van der Waals surface area (Å²) in [5, 5.41) is 15.7. The van der Waals surface area contributed by atoms with Crippen molar-refractivity contribution in [3.05, 3.63) is 12.4 Å². The Bertz CT molecular complexity index is 482. The minimum Gasteiger partial charge on any atom is -0.479 e. The van der Waals surface area contributed by atoms with Crippen LogP contribution in [-0.2, 0) is 19.9 Å². The minimum atomic E-state index is -1.17. The van der Waals surface area contributed by atoms with Crippen molar-refractivity contribution in [2.75, 3.05) is 18.5 Å². The first-order valence-corrected chi connectivity index (χ1v) is 7.04. The van der Waals surface area contributed by atoms with Crippen LogP contribution in [0.3, 0.4) is 0 Å². The number of hydrogen-bond donors (Lipinski definition) is 2. The smallest absolute Gasteiger partial charge is 0.331 e. The van der Waals surface area contributed by atoms with E-state index in [1.807, 2.05) is 0 Å². The van der Waals surface area contributed by atoms with Gasteiger partial charge in [-0.25, -0.2) is 4.79 Å². The number of carbonyl (C=O) groups excluding carboxylic acids is 1. The molecule has 1 amide bonds. The van der Waals surface area contributed by atoms with Crippen LogP contribution in [0.25, 0.3) is 0 Å². The third kappa shape index (κ3) is 5.18. The molecule has 7 nitrogen and oxygen atoms in total. The summed E-state index contributed by atoms with van der Waals surface area (Å²) in [6.45, 7) is 5.71. The highest BCUT2D eigenvalue weighted by Crippen LogP contribution is 2.17. The maximum absolute atomic E-state index is 11.6. The van der Waals surface area contributed by atoms with E-state index in [9.17, 15) is 9.59 Å². The maximum atomic E-state index is 11.6. The summed E-state index contributed by atoms with van der Waals surface area (Å²) in [6.07, 6.45) is 6.03. The Balaban J connectivity index is 2.44. The van der Waals surface area contributed by atoms with Crippen molar-refractivity contribution in [2.24, 2.45) is 0 Å². The number of carboxylic acids is 1. The number of nitrogens with one attached hydrogen (secondary N) is 1. The molecule has 7 heteroatoms. The zero-order valence-electron chi connectivity index (χ0n) is 12.8. The first kappa shape index (κ1) is 17.2. The Hall–Kier alpha value is -1.89. The average Bonchev–Trinajstić information content (AvgIpc) is 2.87. The molecule has 0 saturated carbocycles. The van der Waals surface area contributed by atoms with Gasteiger partial charge in [0.2, 0.25) is 5.91 Å². The molecule has 0 aliphatic heterocycles. The normalized spacial score (nSPS) is 11.4. The van der Waals surface area contributed by atoms with E-state index in [2.05, 4.69) is 17.3 Å². The van der Waals surface area contributed by atoms with E-state index in [4.69, 9.17) is 9.84 Å². The van der Waals surface area contributed by atoms with E-state index >= 15 is 0 Å². The van der Waals surface area contributed by atoms with Gasteiger partial charge in [0.25, 0.3) is 0 Å². The molecule has 1 heterocycles. The lowest BCUT2D eigenvalue weighted by Crippen LogP contribution is -2.35. The van der Waals surface area contributed by atoms with Gasteiger partial charge in [-0.05, 0) is 20.3 Å². The summed E-state index contributed by atoms with van der Waals surface area (Å²) < 4.78 is 6.55. The van der Waals surface area contributed by atoms with Gasteiger partial charge in [0.05, 0.1) is 11.9 Å². The predicted octanol–water partition coefficient (Wildman–Crippen LogP) is 1.85. The molecule has 21 heavy (non-hydrogen) atoms. The lowest BCUT2D eigenvalue weighted by Gasteiger charge is -2.19. The molecule has 1 aromatic rings. The second kappa shape index (κ2) is 7.78. The van der Waals surface area contributed by atoms with Crippen molar-refractivity contribution in [1.29, 1.82) is 0 Å². The number of aromatic nitrogens is 2. The van der Waals surface area contributed by atoms with Crippen molar-refractivity contribution >= 4 is 17.6 Å². The zero-order valence-corrected chi connectivity index (χ0v) is 12.8. The SMILES string of the molecule is CCCCCOCC(=O)Nc1cnn(C(C)(C)C(=O)O)c1. The quantitative estimate of drug-likeness (QED) is 0.678. The topological polar surface area (TPSA) is 93.5 Å². The average molecular weight is 297 g/mol. The molecule has 0 aliphatic carbocycles. The standard InChI is InChI=1S/C14H23N3O4/c1-4-5-6-7-21-10-12(18)16-11-8-15-17(9-11)14(2,3)13(19)20/h8-9H,4-7,10H2,1-3H3,(H,16,18)(H,19,20). The van der Waals surface area contributed by atoms with Crippen molar-refractivity contribution in [3.8, 4) is 0 Å². The van der Waals surface area contributed by atoms with E-state index in [0.29, 0.717) is 12.3 Å². The number of anilines is 1. The van der Waals surface area contributed by atoms with Gasteiger partial charge in [-0.15, -0.1) is 0 Å². The highest BCUT2D eigenvalue weighted by molar-refractivity contribution is 5.91. The molecule has 0 radical (unpaired) electrons. The number of aliphatic carboxylic acids is 1. The molecule has 1 rings (SSSR count). The molecule has 0 aliphatic rings. The van der Waals surface area contributed by atoms with E-state index in [0.717, 1.165) is 19.3 Å². The van der Waals surface area contributed by atoms with Crippen LogP contribution in [0.4, 0.5) is 5.69 Å². The lowest BCUT2D eigenvalue weighted by atomic mass is 10.1. The number of carbonyl (C=O) groups is 2. The highest BCUT2D eigenvalue weighted by Gasteiger charge is 2.30. The molecular formula is C14H23N3O4. The first-order valence-electron chi connectivity index (χ1n) is 7.04. The third-order valence-corrected chi connectivity index (χ3v) is 3.09. The van der Waals surface area contributed by atoms with Crippen LogP contribution >= 0.6 is 0 Å². The van der Waals surface area contributed by atoms with Crippen molar-refractivity contribution in [3.63, 3.8) is 0 Å². The number of rotatable bonds is 9. The monoisotopic (exact) mass is 297 g/mol. The number of amides is 1. The van der Waals surface area contributed by atoms with Crippen LogP contribution in [0.1, 0.15) is 40.0 Å². The fourth-order valence-electron chi connectivity index (χ4n) is 1.61. The van der Waals surface area contributed by atoms with E-state index in [1.165, 1.54) is 30.9 Å². The largest absolute Gasteiger partial charge is 0.479 e. The fraction of sp³-hybridized carbons (Fsp3) is 0.643. The van der Waals surface area contributed by atoms with Crippen LogP contribution < -0.4 is 5.32 Å². The van der Waals surface area contributed by atoms with Gasteiger partial charge in [0, 0.05) is 12.8 Å². The molecule has 0 spiro atoms. The molecule has 0 saturated heterocycles. The summed E-state index contributed by atoms with van der Waals surface area (Å²) >= 11 is 0. The summed E-state index contributed by atoms with van der Waals surface area (Å²) in [4.78, 5) is 22.8. The Labute approximate surface area is 124 Å². The molecule has 118 valence electrons. The van der Waals surface area contributed by atoms with Gasteiger partial charge in [-0.2, -0.15) is 5.10 Å². The summed E-state index contributed by atoms with van der Waals surface area (Å²) in [5.74, 6) is -1.28. The molecule has 0 fully saturated rings. The third-order valence-electron chi connectivity index (χ3n) is 3.09. The molecule has 0 bridgehead atoms. The van der Waals surface area contributed by atoms with Gasteiger partial charge in [-0.3, -0.25) is 9.48 Å². The molecule has 2 N–H and O–H groups in total. The van der Waals surface area contributed by atoms with E-state index < -0.39 is 11.5 Å². The van der Waals surface area contributed by atoms with Crippen LogP contribution in [-0.4, -0.2) is 40.0 Å². The Morgan fingerprint density at radius 2 is 2.14 bits per heavy atom. The number of carboxylic acid groups (broad SMARTS) is 1. The number of ether oxygens (including phenoxy) is 1. The molecule has 0 aromatic carbocycles. The highest BCUT2D eigenvalue weighted by atomic mass is 16.5. The number of hydrogen-bond acceptors (Lipinski definition) is 4. The summed E-state index contributed by atoms with van der Waals surface area (Å²) in [7, 11) is 0. The second-order valence-electron chi connectivity index (χ2n) is 5.35. The molecule has 0 unspecified atom stereocenters. The van der Waals surface area contributed by atoms with E-state index in [1.54, 1.807) is 0 Å². The van der Waals surface area contributed by atoms with Crippen molar-refractivity contribution in [1.82, 2.24) is 9.78 Å². The Morgan fingerprint density at radius 3 is 2.76 bits per heavy atom. The van der Waals surface area contributed by atoms with Crippen LogP contribution in [0.2, 0.25) is 0 Å². The van der Waals surface area contributed by atoms with Crippen LogP contribution in [0, 0.1) is 0 Å². The van der Waals surface area contributed by atoms with Gasteiger partial charge in [0.15, 0.2) is 5.54 Å².